The van der Waals surface area contributed by atoms with Crippen LogP contribution in [0.1, 0.15) is 24.8 Å². The van der Waals surface area contributed by atoms with Gasteiger partial charge in [0.05, 0.1) is 0 Å². The lowest BCUT2D eigenvalue weighted by molar-refractivity contribution is -0.123. The Morgan fingerprint density at radius 3 is 2.41 bits per heavy atom. The minimum Gasteiger partial charge on any atom is -0.484 e. The van der Waals surface area contributed by atoms with Crippen LogP contribution in [0, 0.1) is 0 Å². The first-order valence-electron chi connectivity index (χ1n) is 9.72. The van der Waals surface area contributed by atoms with Crippen LogP contribution < -0.4 is 20.3 Å². The fourth-order valence-corrected chi connectivity index (χ4v) is 3.04. The van der Waals surface area contributed by atoms with Gasteiger partial charge in [0, 0.05) is 38.2 Å². The van der Waals surface area contributed by atoms with Gasteiger partial charge in [0.15, 0.2) is 6.61 Å². The zero-order chi connectivity index (χ0) is 20.5. The molecule has 0 unspecified atom stereocenters. The highest BCUT2D eigenvalue weighted by Gasteiger charge is 2.21. The van der Waals surface area contributed by atoms with Crippen molar-refractivity contribution >= 4 is 23.4 Å². The molecule has 1 saturated heterocycles. The van der Waals surface area contributed by atoms with E-state index >= 15 is 0 Å². The van der Waals surface area contributed by atoms with Gasteiger partial charge in [-0.15, -0.1) is 0 Å². The predicted molar refractivity (Wildman–Crippen MR) is 109 cm³/mol. The summed E-state index contributed by atoms with van der Waals surface area (Å²) in [6, 6.07) is 16.7. The average molecular weight is 395 g/mol. The molecule has 7 heteroatoms. The summed E-state index contributed by atoms with van der Waals surface area (Å²) in [7, 11) is 0. The van der Waals surface area contributed by atoms with E-state index in [1.165, 1.54) is 0 Å². The second-order valence-corrected chi connectivity index (χ2v) is 6.79. The van der Waals surface area contributed by atoms with Gasteiger partial charge in [-0.1, -0.05) is 30.3 Å². The van der Waals surface area contributed by atoms with E-state index < -0.39 is 0 Å². The Morgan fingerprint density at radius 1 is 0.966 bits per heavy atom. The summed E-state index contributed by atoms with van der Waals surface area (Å²) < 4.78 is 5.46. The number of carbonyl (C=O) groups is 3. The number of nitrogens with one attached hydrogen (secondary N) is 2. The first kappa shape index (κ1) is 20.4. The number of ether oxygens (including phenoxy) is 1. The number of rotatable bonds is 9. The van der Waals surface area contributed by atoms with E-state index in [4.69, 9.17) is 4.74 Å². The highest BCUT2D eigenvalue weighted by Crippen LogP contribution is 2.23. The first-order chi connectivity index (χ1) is 14.1. The second kappa shape index (κ2) is 10.3. The third kappa shape index (κ3) is 6.34. The number of nitrogens with zero attached hydrogens (tertiary/aromatic N) is 1. The fraction of sp³-hybridized carbons (Fsp3) is 0.318. The van der Waals surface area contributed by atoms with E-state index in [0.717, 1.165) is 24.2 Å². The molecular formula is C22H25N3O4. The molecule has 3 amide bonds. The van der Waals surface area contributed by atoms with Gasteiger partial charge < -0.3 is 20.3 Å². The van der Waals surface area contributed by atoms with Crippen LogP contribution in [-0.2, 0) is 20.9 Å². The molecule has 0 radical (unpaired) electrons. The Morgan fingerprint density at radius 2 is 1.72 bits per heavy atom. The second-order valence-electron chi connectivity index (χ2n) is 6.79. The van der Waals surface area contributed by atoms with Crippen LogP contribution in [0.4, 0.5) is 5.69 Å². The monoisotopic (exact) mass is 395 g/mol. The Labute approximate surface area is 170 Å². The molecule has 1 heterocycles. The molecule has 1 fully saturated rings. The van der Waals surface area contributed by atoms with Gasteiger partial charge in [0.2, 0.25) is 11.8 Å². The highest BCUT2D eigenvalue weighted by molar-refractivity contribution is 5.95. The topological polar surface area (TPSA) is 87.7 Å². The summed E-state index contributed by atoms with van der Waals surface area (Å²) in [6.45, 7) is 1.32. The zero-order valence-corrected chi connectivity index (χ0v) is 16.2. The molecule has 0 spiro atoms. The molecule has 0 saturated carbocycles. The van der Waals surface area contributed by atoms with Crippen molar-refractivity contribution in [2.45, 2.75) is 25.8 Å². The first-order valence-corrected chi connectivity index (χ1v) is 9.72. The average Bonchev–Trinajstić information content (AvgIpc) is 3.18. The predicted octanol–water partition coefficient (Wildman–Crippen LogP) is 2.01. The molecule has 1 aliphatic heterocycles. The number of hydrogen-bond donors (Lipinski definition) is 2. The standard InChI is InChI=1S/C22H25N3O4/c26-20(24-15-17-5-2-1-3-6-17)12-13-23-21(27)16-29-19-10-8-18(9-11-19)25-14-4-7-22(25)28/h1-3,5-6,8-11H,4,7,12-16H2,(H,23,27)(H,24,26). The lowest BCUT2D eigenvalue weighted by atomic mass is 10.2. The molecule has 2 aromatic carbocycles. The van der Waals surface area contributed by atoms with Gasteiger partial charge in [-0.3, -0.25) is 14.4 Å². The molecular weight excluding hydrogens is 370 g/mol. The number of carbonyl (C=O) groups excluding carboxylic acids is 3. The molecule has 2 aromatic rings. The van der Waals surface area contributed by atoms with E-state index in [1.807, 2.05) is 42.5 Å². The van der Waals surface area contributed by atoms with Crippen LogP contribution >= 0.6 is 0 Å². The van der Waals surface area contributed by atoms with Crippen LogP contribution in [0.5, 0.6) is 5.75 Å². The summed E-state index contributed by atoms with van der Waals surface area (Å²) in [5.41, 5.74) is 1.87. The molecule has 0 atom stereocenters. The number of benzene rings is 2. The lowest BCUT2D eigenvalue weighted by Gasteiger charge is -2.16. The molecule has 0 aliphatic carbocycles. The van der Waals surface area contributed by atoms with Crippen molar-refractivity contribution < 1.29 is 19.1 Å². The van der Waals surface area contributed by atoms with Crippen LogP contribution in [-0.4, -0.2) is 37.4 Å². The van der Waals surface area contributed by atoms with Crippen molar-refractivity contribution in [2.24, 2.45) is 0 Å². The summed E-state index contributed by atoms with van der Waals surface area (Å²) >= 11 is 0. The maximum atomic E-state index is 11.9. The SMILES string of the molecule is O=C(CCNC(=O)COc1ccc(N2CCCC2=O)cc1)NCc1ccccc1. The quantitative estimate of drug-likeness (QED) is 0.680. The third-order valence-electron chi connectivity index (χ3n) is 4.60. The molecule has 29 heavy (non-hydrogen) atoms. The molecule has 152 valence electrons. The molecule has 7 nitrogen and oxygen atoms in total. The third-order valence-corrected chi connectivity index (χ3v) is 4.60. The van der Waals surface area contributed by atoms with Crippen LogP contribution in [0.25, 0.3) is 0 Å². The van der Waals surface area contributed by atoms with Crippen LogP contribution in [0.3, 0.4) is 0 Å². The van der Waals surface area contributed by atoms with Crippen molar-refractivity contribution in [3.63, 3.8) is 0 Å². The zero-order valence-electron chi connectivity index (χ0n) is 16.2. The Balaban J connectivity index is 1.31. The molecule has 0 bridgehead atoms. The Bertz CT molecular complexity index is 837. The maximum absolute atomic E-state index is 11.9. The minimum absolute atomic E-state index is 0.123. The van der Waals surface area contributed by atoms with Crippen molar-refractivity contribution in [1.29, 1.82) is 0 Å². The molecule has 3 rings (SSSR count). The van der Waals surface area contributed by atoms with Gasteiger partial charge >= 0.3 is 0 Å². The van der Waals surface area contributed by atoms with Gasteiger partial charge in [-0.2, -0.15) is 0 Å². The summed E-state index contributed by atoms with van der Waals surface area (Å²) in [5, 5.41) is 5.48. The Kier molecular flexibility index (Phi) is 7.22. The molecule has 2 N–H and O–H groups in total. The van der Waals surface area contributed by atoms with Crippen molar-refractivity contribution in [1.82, 2.24) is 10.6 Å². The van der Waals surface area contributed by atoms with E-state index in [2.05, 4.69) is 10.6 Å². The smallest absolute Gasteiger partial charge is 0.257 e. The largest absolute Gasteiger partial charge is 0.484 e. The highest BCUT2D eigenvalue weighted by atomic mass is 16.5. The van der Waals surface area contributed by atoms with Crippen molar-refractivity contribution in [2.75, 3.05) is 24.6 Å². The van der Waals surface area contributed by atoms with Crippen LogP contribution in [0.2, 0.25) is 0 Å². The number of anilines is 1. The number of amides is 3. The van der Waals surface area contributed by atoms with E-state index in [1.54, 1.807) is 17.0 Å². The normalized spacial score (nSPS) is 13.2. The van der Waals surface area contributed by atoms with Crippen molar-refractivity contribution in [3.05, 3.63) is 60.2 Å². The molecule has 0 aromatic heterocycles. The van der Waals surface area contributed by atoms with Crippen LogP contribution in [0.15, 0.2) is 54.6 Å². The van der Waals surface area contributed by atoms with Gasteiger partial charge in [0.1, 0.15) is 5.75 Å². The van der Waals surface area contributed by atoms with Crippen molar-refractivity contribution in [3.8, 4) is 5.75 Å². The van der Waals surface area contributed by atoms with Gasteiger partial charge in [0.25, 0.3) is 5.91 Å². The van der Waals surface area contributed by atoms with E-state index in [0.29, 0.717) is 18.7 Å². The molecule has 1 aliphatic rings. The fourth-order valence-electron chi connectivity index (χ4n) is 3.04. The maximum Gasteiger partial charge on any atom is 0.257 e. The number of hydrogen-bond acceptors (Lipinski definition) is 4. The summed E-state index contributed by atoms with van der Waals surface area (Å²) in [6.07, 6.45) is 1.67. The minimum atomic E-state index is -0.292. The Hall–Kier alpha value is -3.35. The van der Waals surface area contributed by atoms with E-state index in [9.17, 15) is 14.4 Å². The van der Waals surface area contributed by atoms with Gasteiger partial charge in [-0.25, -0.2) is 0 Å². The summed E-state index contributed by atoms with van der Waals surface area (Å²) in [5.74, 6) is 0.267. The van der Waals surface area contributed by atoms with E-state index in [-0.39, 0.29) is 37.3 Å². The lowest BCUT2D eigenvalue weighted by Crippen LogP contribution is -2.33. The van der Waals surface area contributed by atoms with Gasteiger partial charge in [-0.05, 0) is 36.2 Å². The summed E-state index contributed by atoms with van der Waals surface area (Å²) in [4.78, 5) is 37.2.